The molecular formula is C107H170F4. The minimum Gasteiger partial charge on any atom is -0.239 e. The van der Waals surface area contributed by atoms with Crippen molar-refractivity contribution in [2.24, 2.45) is 111 Å². The Labute approximate surface area is 682 Å². The van der Waals surface area contributed by atoms with Crippen molar-refractivity contribution in [2.75, 3.05) is 0 Å². The molecule has 4 heteroatoms. The van der Waals surface area contributed by atoms with Crippen LogP contribution in [0.5, 0.6) is 0 Å². The summed E-state index contributed by atoms with van der Waals surface area (Å²) in [6.07, 6.45) is 29.7. The largest absolute Gasteiger partial charge is 0.239 e. The Morgan fingerprint density at radius 2 is 0.586 bits per heavy atom. The molecule has 0 heterocycles. The lowest BCUT2D eigenvalue weighted by molar-refractivity contribution is -0.0107. The van der Waals surface area contributed by atoms with Gasteiger partial charge in [0.2, 0.25) is 0 Å². The fraction of sp³-hybridized carbons (Fsp3) is 0.813. The van der Waals surface area contributed by atoms with Crippen LogP contribution >= 0.6 is 0 Å². The van der Waals surface area contributed by atoms with Crippen molar-refractivity contribution in [1.82, 2.24) is 0 Å². The zero-order chi connectivity index (χ0) is 83.7. The third-order valence-electron chi connectivity index (χ3n) is 42.6. The van der Waals surface area contributed by atoms with Gasteiger partial charge < -0.3 is 0 Å². The van der Waals surface area contributed by atoms with Gasteiger partial charge >= 0.3 is 0 Å². The van der Waals surface area contributed by atoms with E-state index in [4.69, 9.17) is 0 Å². The van der Waals surface area contributed by atoms with Gasteiger partial charge in [0.1, 0.15) is 22.7 Å². The summed E-state index contributed by atoms with van der Waals surface area (Å²) in [4.78, 5) is 0. The maximum absolute atomic E-state index is 13.7. The smallest absolute Gasteiger partial charge is 0.138 e. The first-order chi connectivity index (χ1) is 50.3. The number of halogens is 4. The predicted octanol–water partition coefficient (Wildman–Crippen LogP) is 34.0. The fourth-order valence-electron chi connectivity index (χ4n) is 30.2. The van der Waals surface area contributed by atoms with E-state index >= 15 is 0 Å². The van der Waals surface area contributed by atoms with Crippen molar-refractivity contribution < 1.29 is 17.6 Å². The summed E-state index contributed by atoms with van der Waals surface area (Å²) in [6, 6.07) is 0. The van der Waals surface area contributed by atoms with E-state index in [1.165, 1.54) is 128 Å². The normalized spacial score (nSPS) is 45.7. The topological polar surface area (TPSA) is 0 Å². The van der Waals surface area contributed by atoms with Crippen molar-refractivity contribution in [3.05, 3.63) is 111 Å². The van der Waals surface area contributed by atoms with Gasteiger partial charge in [-0.15, -0.1) is 0 Å². The molecule has 10 saturated carbocycles. The molecule has 0 radical (unpaired) electrons. The zero-order valence-electron chi connectivity index (χ0n) is 79.7. The quantitative estimate of drug-likeness (QED) is 0.168. The summed E-state index contributed by atoms with van der Waals surface area (Å²) in [5.74, 6) is 5.83. The first-order valence-corrected chi connectivity index (χ1v) is 45.9. The molecule has 20 bridgehead atoms. The molecule has 0 amide bonds. The third-order valence-corrected chi connectivity index (χ3v) is 42.6. The number of rotatable bonds is 0. The minimum absolute atomic E-state index is 0.0810. The monoisotopic (exact) mass is 1530 g/mol. The van der Waals surface area contributed by atoms with Crippen LogP contribution in [-0.4, -0.2) is 22.7 Å². The molecule has 0 N–H and O–H groups in total. The number of fused-ring (bicyclic) bond motifs is 14. The van der Waals surface area contributed by atoms with Crippen LogP contribution in [0.1, 0.15) is 424 Å². The molecule has 14 atom stereocenters. The predicted molar refractivity (Wildman–Crippen MR) is 472 cm³/mol. The Balaban J connectivity index is 0.000000123. The summed E-state index contributed by atoms with van der Waals surface area (Å²) in [5.41, 5.74) is 31.9. The standard InChI is InChI=1S/C14H24.2C13H22.C12H20.C11H18.C10H16.C9H12F2.C9H14.C8H10F2.C8H12/c1-10-11(2)14(12(3,4)5)8-7-13(10,6)9-14;1-9-10(2)13(6)8-7-12(9,5)11(13,3)4;1-9-10(2)13(12(3,4)5)7-6-11(9)8-13;1-8-9(2)12(5)7-6-10(8)11(12,3)4;1-8-9(2)11(4)6-5-10(8,3)7-11;1-7-8(2)10(4)5-9(7,3)6-10;1-6-7(2)9(11)4-3-8(6,10)5-9;1-6-7(2)9-4-3-8(6)5-9;1-5-6(2)8(10)3-7(5,9)4-8;1-5-6(2)8-3-7(5)4-8/h7-9H2,1-6H3;7-8H2,1-6H3;11H,6-8H2,1-5H3;10H,6-7H2,1-5H3;5-7H2,1-4H3;5-6H2,1-4H3;3-5H2,1-2H3;8-9H,3-5H2,1-2H3;3-4H2,1-2H3;7-8H,3-4H2,1-2H3. The summed E-state index contributed by atoms with van der Waals surface area (Å²) < 4.78 is 53.9. The minimum atomic E-state index is -1.29. The highest BCUT2D eigenvalue weighted by Crippen LogP contribution is 2.76. The lowest BCUT2D eigenvalue weighted by atomic mass is 9.59. The molecule has 0 spiro atoms. The molecule has 14 unspecified atom stereocenters. The number of allylic oxidation sites excluding steroid dienone is 20. The molecule has 23 aliphatic rings. The van der Waals surface area contributed by atoms with E-state index in [0.717, 1.165) is 35.5 Å². The van der Waals surface area contributed by atoms with E-state index in [-0.39, 0.29) is 19.3 Å². The van der Waals surface area contributed by atoms with Gasteiger partial charge in [0, 0.05) is 19.3 Å². The van der Waals surface area contributed by atoms with E-state index in [1.807, 2.05) is 0 Å². The molecule has 10 fully saturated rings. The average molecular weight is 1530 g/mol. The van der Waals surface area contributed by atoms with Crippen molar-refractivity contribution in [3.63, 3.8) is 0 Å². The van der Waals surface area contributed by atoms with E-state index in [1.54, 1.807) is 117 Å². The highest BCUT2D eigenvalue weighted by atomic mass is 19.2. The molecule has 0 aromatic carbocycles. The van der Waals surface area contributed by atoms with Crippen LogP contribution in [0.15, 0.2) is 111 Å². The Morgan fingerprint density at radius 3 is 0.784 bits per heavy atom. The molecule has 23 rings (SSSR count). The Bertz CT molecular complexity index is 3830. The van der Waals surface area contributed by atoms with E-state index in [9.17, 15) is 17.6 Å². The van der Waals surface area contributed by atoms with Crippen LogP contribution in [0.25, 0.3) is 0 Å². The number of hydrogen-bond donors (Lipinski definition) is 0. The van der Waals surface area contributed by atoms with Gasteiger partial charge in [-0.05, 0) is 413 Å². The molecule has 0 nitrogen and oxygen atoms in total. The average Bonchev–Trinajstić information content (AvgIpc) is 1.59. The van der Waals surface area contributed by atoms with Gasteiger partial charge in [-0.1, -0.05) is 214 Å². The third kappa shape index (κ3) is 13.1. The molecule has 0 aromatic heterocycles. The Morgan fingerprint density at radius 1 is 0.243 bits per heavy atom. The lowest BCUT2D eigenvalue weighted by Gasteiger charge is -2.45. The zero-order valence-corrected chi connectivity index (χ0v) is 79.7. The van der Waals surface area contributed by atoms with E-state index in [2.05, 4.69) is 235 Å². The van der Waals surface area contributed by atoms with Gasteiger partial charge in [0.25, 0.3) is 0 Å². The van der Waals surface area contributed by atoms with Crippen molar-refractivity contribution in [1.29, 1.82) is 0 Å². The Kier molecular flexibility index (Phi) is 22.3. The molecule has 0 aromatic rings. The summed E-state index contributed by atoms with van der Waals surface area (Å²) >= 11 is 0. The maximum atomic E-state index is 13.7. The van der Waals surface area contributed by atoms with Crippen LogP contribution in [0.4, 0.5) is 17.6 Å². The van der Waals surface area contributed by atoms with Crippen LogP contribution in [-0.2, 0) is 0 Å². The fourth-order valence-corrected chi connectivity index (χ4v) is 30.2. The molecule has 626 valence electrons. The van der Waals surface area contributed by atoms with Crippen LogP contribution in [0.3, 0.4) is 0 Å². The van der Waals surface area contributed by atoms with Crippen molar-refractivity contribution >= 4 is 0 Å². The molecular weight excluding hydrogens is 1360 g/mol. The second-order valence-electron chi connectivity index (χ2n) is 48.4. The van der Waals surface area contributed by atoms with Crippen LogP contribution < -0.4 is 0 Å². The van der Waals surface area contributed by atoms with Gasteiger partial charge in [0.15, 0.2) is 0 Å². The first-order valence-electron chi connectivity index (χ1n) is 45.9. The second-order valence-corrected chi connectivity index (χ2v) is 48.4. The van der Waals surface area contributed by atoms with Crippen LogP contribution in [0, 0.1) is 111 Å². The first kappa shape index (κ1) is 88.9. The van der Waals surface area contributed by atoms with Crippen molar-refractivity contribution in [2.45, 2.75) is 446 Å². The number of hydrogen-bond acceptors (Lipinski definition) is 0. The SMILES string of the molecule is CC1=C(C)C2(C(C)(C)C)CCC1(C)C2.CC1=C(C)C2(C(C)(C)C)CCC1C2.CC1=C(C)C2(C)CC1(C)C2.CC1=C(C)C2(C)CCC1(C)C2.CC1=C(C)C2(C)CCC1(C)C2(C)C.CC1=C(C)C2(C)CCC1C2(C)C.CC1=C(C)C2(F)CC1(F)C2.CC1=C(C)C2(F)CCC1(F)C2.CC1=C(C)C2CC1C2.CC1=C(C)C2CCC1C2. The number of alkyl halides is 4. The molecule has 111 heavy (non-hydrogen) atoms. The summed E-state index contributed by atoms with van der Waals surface area (Å²) in [7, 11) is 0. The van der Waals surface area contributed by atoms with Crippen LogP contribution in [0.2, 0.25) is 0 Å². The van der Waals surface area contributed by atoms with Gasteiger partial charge in [-0.2, -0.15) is 0 Å². The highest BCUT2D eigenvalue weighted by molar-refractivity contribution is 5.47. The highest BCUT2D eigenvalue weighted by Gasteiger charge is 2.67. The molecule has 23 aliphatic carbocycles. The maximum Gasteiger partial charge on any atom is 0.138 e. The lowest BCUT2D eigenvalue weighted by Crippen LogP contribution is -2.44. The van der Waals surface area contributed by atoms with Crippen molar-refractivity contribution in [3.8, 4) is 0 Å². The van der Waals surface area contributed by atoms with Gasteiger partial charge in [-0.3, -0.25) is 0 Å². The van der Waals surface area contributed by atoms with Gasteiger partial charge in [0.05, 0.1) is 0 Å². The second kappa shape index (κ2) is 27.9. The summed E-state index contributed by atoms with van der Waals surface area (Å²) in [5, 5.41) is 0. The molecule has 0 saturated heterocycles. The molecule has 0 aliphatic heterocycles. The summed E-state index contributed by atoms with van der Waals surface area (Å²) in [6.45, 7) is 88.0. The van der Waals surface area contributed by atoms with E-state index in [0.29, 0.717) is 111 Å². The van der Waals surface area contributed by atoms with E-state index < -0.39 is 22.7 Å². The Hall–Kier alpha value is -2.88. The van der Waals surface area contributed by atoms with Gasteiger partial charge in [-0.25, -0.2) is 17.6 Å².